The van der Waals surface area contributed by atoms with Crippen molar-refractivity contribution in [2.24, 2.45) is 0 Å². The number of aromatic nitrogens is 1. The molecule has 2 amide bonds. The molecule has 1 atom stereocenters. The van der Waals surface area contributed by atoms with E-state index in [0.717, 1.165) is 0 Å². The summed E-state index contributed by atoms with van der Waals surface area (Å²) in [7, 11) is 0. The molecule has 3 N–H and O–H groups in total. The minimum absolute atomic E-state index is 0.229. The molecule has 0 bridgehead atoms. The van der Waals surface area contributed by atoms with Crippen LogP contribution in [0.15, 0.2) is 40.7 Å². The summed E-state index contributed by atoms with van der Waals surface area (Å²) >= 11 is 26.6. The van der Waals surface area contributed by atoms with Crippen LogP contribution in [0.3, 0.4) is 0 Å². The van der Waals surface area contributed by atoms with Crippen molar-refractivity contribution in [3.63, 3.8) is 0 Å². The Morgan fingerprint density at radius 1 is 1.03 bits per heavy atom. The Bertz CT molecular complexity index is 1240. The Morgan fingerprint density at radius 2 is 1.70 bits per heavy atom. The molecular weight excluding hydrogens is 552 g/mol. The number of halogens is 4. The van der Waals surface area contributed by atoms with Gasteiger partial charge in [-0.1, -0.05) is 52.5 Å². The van der Waals surface area contributed by atoms with Gasteiger partial charge in [0.05, 0.1) is 36.5 Å². The highest BCUT2D eigenvalue weighted by molar-refractivity contribution is 8.00. The summed E-state index contributed by atoms with van der Waals surface area (Å²) in [5.41, 5.74) is -0.642. The number of carbonyl (C=O) groups is 3. The van der Waals surface area contributed by atoms with Gasteiger partial charge in [-0.2, -0.15) is 0 Å². The van der Waals surface area contributed by atoms with Gasteiger partial charge in [0.25, 0.3) is 5.91 Å². The second-order valence-corrected chi connectivity index (χ2v) is 10.2. The maximum atomic E-state index is 12.9. The van der Waals surface area contributed by atoms with E-state index in [4.69, 9.17) is 46.4 Å². The molecule has 172 valence electrons. The largest absolute Gasteiger partial charge is 0.478 e. The van der Waals surface area contributed by atoms with Crippen LogP contribution in [0.25, 0.3) is 0 Å². The van der Waals surface area contributed by atoms with Crippen LogP contribution in [-0.4, -0.2) is 33.1 Å². The van der Waals surface area contributed by atoms with E-state index in [9.17, 15) is 19.5 Å². The molecule has 2 aromatic carbocycles. The molecule has 13 heteroatoms. The molecule has 3 rings (SSSR count). The van der Waals surface area contributed by atoms with Gasteiger partial charge in [-0.15, -0.1) is 23.1 Å². The van der Waals surface area contributed by atoms with Crippen molar-refractivity contribution >= 4 is 98.1 Å². The fourth-order valence-electron chi connectivity index (χ4n) is 2.64. The number of amides is 2. The molecule has 0 fully saturated rings. The van der Waals surface area contributed by atoms with Gasteiger partial charge < -0.3 is 15.7 Å². The minimum atomic E-state index is -1.49. The summed E-state index contributed by atoms with van der Waals surface area (Å²) in [6, 6.07) is 6.66. The smallest absolute Gasteiger partial charge is 0.338 e. The Hall–Kier alpha value is -2.01. The molecule has 1 heterocycles. The lowest BCUT2D eigenvalue weighted by molar-refractivity contribution is -0.115. The number of aromatic carboxylic acids is 1. The maximum Gasteiger partial charge on any atom is 0.338 e. The average Bonchev–Trinajstić information content (AvgIpc) is 3.27. The lowest BCUT2D eigenvalue weighted by Gasteiger charge is -2.15. The second-order valence-electron chi connectivity index (χ2n) is 6.38. The van der Waals surface area contributed by atoms with Gasteiger partial charge in [0.15, 0.2) is 5.13 Å². The number of hydrogen-bond donors (Lipinski definition) is 3. The van der Waals surface area contributed by atoms with Crippen molar-refractivity contribution in [1.82, 2.24) is 4.98 Å². The van der Waals surface area contributed by atoms with Crippen LogP contribution in [-0.2, 0) is 4.79 Å². The van der Waals surface area contributed by atoms with Gasteiger partial charge in [0.2, 0.25) is 5.91 Å². The van der Waals surface area contributed by atoms with Gasteiger partial charge in [0, 0.05) is 22.2 Å². The molecular formula is C20H13Cl4N3O4S2. The maximum absolute atomic E-state index is 12.9. The molecule has 0 saturated heterocycles. The number of carbonyl (C=O) groups excluding carboxylic acids is 2. The summed E-state index contributed by atoms with van der Waals surface area (Å²) in [5, 5.41) is 15.4. The third kappa shape index (κ3) is 5.92. The first-order valence-corrected chi connectivity index (χ1v) is 12.2. The fourth-order valence-corrected chi connectivity index (χ4v) is 5.11. The standard InChI is InChI=1S/C20H13Cl4N3O4S2/c1-8(17(28)27-20-25-5-6-32-20)33-10-4-2-3-9(7-10)26-18(29)11-12(19(30)31)14(22)16(24)15(23)13(11)21/h2-8H,1H3,(H,26,29)(H,30,31)(H,25,27,28). The summed E-state index contributed by atoms with van der Waals surface area (Å²) in [6.07, 6.45) is 1.59. The molecule has 7 nitrogen and oxygen atoms in total. The Morgan fingerprint density at radius 3 is 2.30 bits per heavy atom. The van der Waals surface area contributed by atoms with E-state index in [2.05, 4.69) is 15.6 Å². The van der Waals surface area contributed by atoms with Crippen LogP contribution in [0.1, 0.15) is 27.6 Å². The fraction of sp³-hybridized carbons (Fsp3) is 0.100. The van der Waals surface area contributed by atoms with Crippen molar-refractivity contribution in [2.75, 3.05) is 10.6 Å². The molecule has 0 radical (unpaired) electrons. The number of hydrogen-bond acceptors (Lipinski definition) is 6. The third-order valence-corrected chi connectivity index (χ3v) is 7.73. The van der Waals surface area contributed by atoms with Gasteiger partial charge in [-0.05, 0) is 25.1 Å². The first-order valence-electron chi connectivity index (χ1n) is 8.97. The van der Waals surface area contributed by atoms with Crippen LogP contribution in [0.2, 0.25) is 20.1 Å². The van der Waals surface area contributed by atoms with Gasteiger partial charge >= 0.3 is 5.97 Å². The number of anilines is 2. The molecule has 3 aromatic rings. The number of nitrogens with zero attached hydrogens (tertiary/aromatic N) is 1. The van der Waals surface area contributed by atoms with Crippen LogP contribution in [0, 0.1) is 0 Å². The summed E-state index contributed by atoms with van der Waals surface area (Å²) in [4.78, 5) is 41.7. The van der Waals surface area contributed by atoms with E-state index in [0.29, 0.717) is 15.7 Å². The van der Waals surface area contributed by atoms with Crippen molar-refractivity contribution in [2.45, 2.75) is 17.1 Å². The van der Waals surface area contributed by atoms with Crippen molar-refractivity contribution in [3.8, 4) is 0 Å². The second kappa shape index (κ2) is 10.9. The number of nitrogens with one attached hydrogen (secondary N) is 2. The van der Waals surface area contributed by atoms with Crippen LogP contribution >= 0.6 is 69.5 Å². The third-order valence-electron chi connectivity index (χ3n) is 4.14. The predicted molar refractivity (Wildman–Crippen MR) is 134 cm³/mol. The average molecular weight is 565 g/mol. The SMILES string of the molecule is CC(Sc1cccc(NC(=O)c2c(Cl)c(Cl)c(Cl)c(Cl)c2C(=O)O)c1)C(=O)Nc1nccs1. The molecule has 1 aromatic heterocycles. The Balaban J connectivity index is 1.80. The molecule has 0 aliphatic heterocycles. The van der Waals surface area contributed by atoms with Crippen molar-refractivity contribution < 1.29 is 19.5 Å². The highest BCUT2D eigenvalue weighted by Gasteiger charge is 2.29. The molecule has 0 aliphatic rings. The highest BCUT2D eigenvalue weighted by atomic mass is 35.5. The molecule has 0 saturated carbocycles. The molecule has 1 unspecified atom stereocenters. The van der Waals surface area contributed by atoms with Crippen molar-refractivity contribution in [1.29, 1.82) is 0 Å². The monoisotopic (exact) mass is 563 g/mol. The van der Waals surface area contributed by atoms with E-state index in [1.807, 2.05) is 0 Å². The highest BCUT2D eigenvalue weighted by Crippen LogP contribution is 2.42. The first-order chi connectivity index (χ1) is 15.6. The zero-order chi connectivity index (χ0) is 24.3. The minimum Gasteiger partial charge on any atom is -0.478 e. The first kappa shape index (κ1) is 25.6. The lowest BCUT2D eigenvalue weighted by atomic mass is 10.1. The van der Waals surface area contributed by atoms with Crippen LogP contribution in [0.5, 0.6) is 0 Å². The van der Waals surface area contributed by atoms with E-state index >= 15 is 0 Å². The summed E-state index contributed by atoms with van der Waals surface area (Å²) < 4.78 is 0. The number of rotatable bonds is 7. The van der Waals surface area contributed by atoms with E-state index in [1.165, 1.54) is 23.1 Å². The summed E-state index contributed by atoms with van der Waals surface area (Å²) in [6.45, 7) is 1.73. The number of carboxylic acids is 1. The van der Waals surface area contributed by atoms with Gasteiger partial charge in [-0.3, -0.25) is 9.59 Å². The van der Waals surface area contributed by atoms with Crippen molar-refractivity contribution in [3.05, 3.63) is 67.1 Å². The Kier molecular flexibility index (Phi) is 8.49. The molecule has 0 spiro atoms. The zero-order valence-corrected chi connectivity index (χ0v) is 21.1. The molecule has 0 aliphatic carbocycles. The van der Waals surface area contributed by atoms with Gasteiger partial charge in [-0.25, -0.2) is 9.78 Å². The van der Waals surface area contributed by atoms with Crippen LogP contribution < -0.4 is 10.6 Å². The number of thioether (sulfide) groups is 1. The topological polar surface area (TPSA) is 108 Å². The normalized spacial score (nSPS) is 11.7. The van der Waals surface area contributed by atoms with E-state index in [-0.39, 0.29) is 21.0 Å². The van der Waals surface area contributed by atoms with Crippen LogP contribution in [0.4, 0.5) is 10.8 Å². The lowest BCUT2D eigenvalue weighted by Crippen LogP contribution is -2.22. The zero-order valence-electron chi connectivity index (χ0n) is 16.5. The van der Waals surface area contributed by atoms with E-state index < -0.39 is 33.3 Å². The number of benzene rings is 2. The van der Waals surface area contributed by atoms with E-state index in [1.54, 1.807) is 42.8 Å². The predicted octanol–water partition coefficient (Wildman–Crippen LogP) is 6.83. The van der Waals surface area contributed by atoms with Gasteiger partial charge in [0.1, 0.15) is 0 Å². The Labute approximate surface area is 216 Å². The summed E-state index contributed by atoms with van der Waals surface area (Å²) in [5.74, 6) is -2.56. The number of thiazole rings is 1. The number of carboxylic acid groups (broad SMARTS) is 1. The quantitative estimate of drug-likeness (QED) is 0.165. The molecule has 33 heavy (non-hydrogen) atoms.